The molecule has 28 heavy (non-hydrogen) atoms. The third kappa shape index (κ3) is 3.09. The van der Waals surface area contributed by atoms with Crippen LogP contribution < -0.4 is 10.6 Å². The Morgan fingerprint density at radius 2 is 2.00 bits per heavy atom. The van der Waals surface area contributed by atoms with E-state index in [9.17, 15) is 10.1 Å². The summed E-state index contributed by atoms with van der Waals surface area (Å²) < 4.78 is 0.944. The zero-order valence-electron chi connectivity index (χ0n) is 15.7. The number of nitrogens with zero attached hydrogens (tertiary/aromatic N) is 2. The molecule has 142 valence electrons. The summed E-state index contributed by atoms with van der Waals surface area (Å²) in [5, 5.41) is 12.0. The molecule has 1 aliphatic heterocycles. The summed E-state index contributed by atoms with van der Waals surface area (Å²) in [7, 11) is 0. The molecule has 1 aromatic heterocycles. The molecule has 0 bridgehead atoms. The third-order valence-corrected chi connectivity index (χ3v) is 7.03. The lowest BCUT2D eigenvalue weighted by Crippen LogP contribution is -2.42. The number of anilines is 1. The van der Waals surface area contributed by atoms with Gasteiger partial charge in [-0.05, 0) is 46.0 Å². The van der Waals surface area contributed by atoms with Gasteiger partial charge in [0.15, 0.2) is 5.78 Å². The summed E-state index contributed by atoms with van der Waals surface area (Å²) in [4.78, 5) is 16.2. The summed E-state index contributed by atoms with van der Waals surface area (Å²) in [6.07, 6.45) is 1.20. The van der Waals surface area contributed by atoms with E-state index < -0.39 is 5.92 Å². The number of nitrogens with two attached hydrogens (primary N) is 1. The molecule has 2 N–H and O–H groups in total. The van der Waals surface area contributed by atoms with Gasteiger partial charge in [-0.2, -0.15) is 5.26 Å². The molecular formula is C22H20BrN3OS. The molecular weight excluding hydrogens is 434 g/mol. The maximum absolute atomic E-state index is 13.3. The third-order valence-electron chi connectivity index (χ3n) is 5.27. The molecule has 2 aliphatic rings. The van der Waals surface area contributed by atoms with E-state index in [1.54, 1.807) is 0 Å². The minimum atomic E-state index is -0.403. The van der Waals surface area contributed by atoms with Crippen molar-refractivity contribution >= 4 is 38.7 Å². The van der Waals surface area contributed by atoms with E-state index in [-0.39, 0.29) is 11.2 Å². The highest BCUT2D eigenvalue weighted by molar-refractivity contribution is 9.10. The van der Waals surface area contributed by atoms with Gasteiger partial charge in [-0.1, -0.05) is 32.0 Å². The van der Waals surface area contributed by atoms with Crippen LogP contribution in [0.4, 0.5) is 5.69 Å². The number of Topliss-reactive ketones (excluding diaryl/α,β-unsaturated/α-hetero) is 1. The van der Waals surface area contributed by atoms with Crippen LogP contribution in [-0.4, -0.2) is 5.78 Å². The maximum Gasteiger partial charge on any atom is 0.162 e. The average Bonchev–Trinajstić information content (AvgIpc) is 3.06. The van der Waals surface area contributed by atoms with Crippen molar-refractivity contribution in [3.8, 4) is 6.07 Å². The van der Waals surface area contributed by atoms with Crippen molar-refractivity contribution in [2.24, 2.45) is 11.1 Å². The number of hydrogen-bond acceptors (Lipinski definition) is 5. The van der Waals surface area contributed by atoms with Gasteiger partial charge in [-0.3, -0.25) is 9.69 Å². The largest absolute Gasteiger partial charge is 0.384 e. The Labute approximate surface area is 177 Å². The van der Waals surface area contributed by atoms with Gasteiger partial charge in [0.05, 0.1) is 17.6 Å². The molecule has 4 nitrogen and oxygen atoms in total. The Morgan fingerprint density at radius 3 is 2.61 bits per heavy atom. The lowest BCUT2D eigenvalue weighted by Gasteiger charge is -2.43. The summed E-state index contributed by atoms with van der Waals surface area (Å²) >= 11 is 5.03. The number of para-hydroxylation sites is 1. The lowest BCUT2D eigenvalue weighted by atomic mass is 9.69. The van der Waals surface area contributed by atoms with E-state index in [2.05, 4.69) is 35.8 Å². The highest BCUT2D eigenvalue weighted by Crippen LogP contribution is 2.51. The minimum absolute atomic E-state index is 0.0990. The Hall–Kier alpha value is -2.36. The van der Waals surface area contributed by atoms with E-state index in [1.165, 1.54) is 11.3 Å². The minimum Gasteiger partial charge on any atom is -0.384 e. The molecule has 6 heteroatoms. The van der Waals surface area contributed by atoms with Crippen LogP contribution in [0.15, 0.2) is 68.9 Å². The quantitative estimate of drug-likeness (QED) is 0.655. The topological polar surface area (TPSA) is 70.1 Å². The number of halogens is 1. The predicted molar refractivity (Wildman–Crippen MR) is 116 cm³/mol. The molecule has 1 aromatic carbocycles. The molecule has 2 aromatic rings. The zero-order chi connectivity index (χ0) is 20.1. The van der Waals surface area contributed by atoms with Crippen molar-refractivity contribution in [2.75, 3.05) is 4.90 Å². The second-order valence-electron chi connectivity index (χ2n) is 7.98. The normalized spacial score (nSPS) is 21.6. The smallest absolute Gasteiger partial charge is 0.162 e. The molecule has 1 atom stereocenters. The van der Waals surface area contributed by atoms with Crippen molar-refractivity contribution in [1.29, 1.82) is 5.26 Å². The Morgan fingerprint density at radius 1 is 1.29 bits per heavy atom. The van der Waals surface area contributed by atoms with Gasteiger partial charge in [0, 0.05) is 38.1 Å². The van der Waals surface area contributed by atoms with Gasteiger partial charge in [0.1, 0.15) is 5.82 Å². The number of thiophene rings is 1. The number of nitriles is 1. The fourth-order valence-electron chi connectivity index (χ4n) is 4.14. The molecule has 0 fully saturated rings. The van der Waals surface area contributed by atoms with Gasteiger partial charge < -0.3 is 5.73 Å². The van der Waals surface area contributed by atoms with Gasteiger partial charge >= 0.3 is 0 Å². The van der Waals surface area contributed by atoms with Crippen LogP contribution in [0.2, 0.25) is 0 Å². The summed E-state index contributed by atoms with van der Waals surface area (Å²) in [6, 6.07) is 14.0. The maximum atomic E-state index is 13.3. The van der Waals surface area contributed by atoms with E-state index in [0.717, 1.165) is 27.2 Å². The molecule has 0 radical (unpaired) electrons. The van der Waals surface area contributed by atoms with Crippen molar-refractivity contribution in [1.82, 2.24) is 0 Å². The number of hydrogen-bond donors (Lipinski definition) is 1. The summed E-state index contributed by atoms with van der Waals surface area (Å²) in [6.45, 7) is 4.21. The second kappa shape index (κ2) is 6.91. The van der Waals surface area contributed by atoms with Gasteiger partial charge in [-0.15, -0.1) is 11.3 Å². The van der Waals surface area contributed by atoms with Gasteiger partial charge in [0.25, 0.3) is 0 Å². The second-order valence-corrected chi connectivity index (χ2v) is 9.84. The standard InChI is InChI=1S/C22H20BrN3OS/c1-22(2)9-16-20(17(27)10-22)19(18-8-13(23)12-28-18)15(11-24)21(25)26(16)14-6-4-3-5-7-14/h3-8,12,19H,9-10,25H2,1-2H3. The first-order chi connectivity index (χ1) is 13.3. The predicted octanol–water partition coefficient (Wildman–Crippen LogP) is 5.45. The van der Waals surface area contributed by atoms with Gasteiger partial charge in [0.2, 0.25) is 0 Å². The van der Waals surface area contributed by atoms with Crippen molar-refractivity contribution < 1.29 is 4.79 Å². The first-order valence-corrected chi connectivity index (χ1v) is 10.7. The van der Waals surface area contributed by atoms with E-state index in [0.29, 0.717) is 23.4 Å². The average molecular weight is 454 g/mol. The first-order valence-electron chi connectivity index (χ1n) is 9.07. The van der Waals surface area contributed by atoms with Crippen LogP contribution in [0.1, 0.15) is 37.5 Å². The van der Waals surface area contributed by atoms with Crippen molar-refractivity contribution in [3.63, 3.8) is 0 Å². The van der Waals surface area contributed by atoms with Crippen LogP contribution >= 0.6 is 27.3 Å². The molecule has 0 saturated heterocycles. The highest BCUT2D eigenvalue weighted by Gasteiger charge is 2.45. The monoisotopic (exact) mass is 453 g/mol. The van der Waals surface area contributed by atoms with Crippen molar-refractivity contribution in [3.05, 3.63) is 73.8 Å². The molecule has 0 saturated carbocycles. The van der Waals surface area contributed by atoms with Gasteiger partial charge in [-0.25, -0.2) is 0 Å². The summed E-state index contributed by atoms with van der Waals surface area (Å²) in [5.74, 6) is 0.106. The Bertz CT molecular complexity index is 1060. The number of benzene rings is 1. The first kappa shape index (κ1) is 19.0. The van der Waals surface area contributed by atoms with Crippen LogP contribution in [0.25, 0.3) is 0 Å². The van der Waals surface area contributed by atoms with Crippen LogP contribution in [0.5, 0.6) is 0 Å². The number of allylic oxidation sites excluding steroid dienone is 3. The molecule has 1 unspecified atom stereocenters. The fourth-order valence-corrected chi connectivity index (χ4v) is 5.71. The number of carbonyl (C=O) groups excluding carboxylic acids is 1. The number of rotatable bonds is 2. The summed E-state index contributed by atoms with van der Waals surface area (Å²) in [5.41, 5.74) is 9.35. The molecule has 4 rings (SSSR count). The van der Waals surface area contributed by atoms with E-state index in [4.69, 9.17) is 5.73 Å². The number of ketones is 1. The van der Waals surface area contributed by atoms with E-state index in [1.807, 2.05) is 46.7 Å². The van der Waals surface area contributed by atoms with E-state index >= 15 is 0 Å². The Balaban J connectivity index is 2.00. The highest BCUT2D eigenvalue weighted by atomic mass is 79.9. The SMILES string of the molecule is CC1(C)CC(=O)C2=C(C1)N(c1ccccc1)C(N)=C(C#N)C2c1cc(Br)cs1. The van der Waals surface area contributed by atoms with Crippen molar-refractivity contribution in [2.45, 2.75) is 32.6 Å². The van der Waals surface area contributed by atoms with Crippen LogP contribution in [-0.2, 0) is 4.79 Å². The molecule has 0 spiro atoms. The number of carbonyl (C=O) groups is 1. The molecule has 1 aliphatic carbocycles. The zero-order valence-corrected chi connectivity index (χ0v) is 18.1. The fraction of sp³-hybridized carbons (Fsp3) is 0.273. The lowest BCUT2D eigenvalue weighted by molar-refractivity contribution is -0.118. The Kier molecular flexibility index (Phi) is 4.68. The molecule has 2 heterocycles. The molecule has 0 amide bonds. The van der Waals surface area contributed by atoms with Crippen LogP contribution in [0, 0.1) is 16.7 Å². The van der Waals surface area contributed by atoms with Crippen LogP contribution in [0.3, 0.4) is 0 Å².